The largest absolute Gasteiger partial charge is 0.496 e. The van der Waals surface area contributed by atoms with Gasteiger partial charge in [-0.15, -0.1) is 0 Å². The van der Waals surface area contributed by atoms with E-state index in [1.165, 1.54) is 7.11 Å². The number of aromatic nitrogens is 3. The van der Waals surface area contributed by atoms with E-state index in [0.717, 1.165) is 24.5 Å². The number of carbonyl (C=O) groups is 1. The van der Waals surface area contributed by atoms with E-state index in [4.69, 9.17) is 16.3 Å². The van der Waals surface area contributed by atoms with E-state index in [0.29, 0.717) is 29.4 Å². The second-order valence-corrected chi connectivity index (χ2v) is 6.65. The predicted molar refractivity (Wildman–Crippen MR) is 93.0 cm³/mol. The van der Waals surface area contributed by atoms with Gasteiger partial charge in [-0.3, -0.25) is 14.8 Å². The van der Waals surface area contributed by atoms with Crippen LogP contribution in [-0.2, 0) is 4.79 Å². The number of rotatable bonds is 5. The van der Waals surface area contributed by atoms with E-state index in [1.54, 1.807) is 18.2 Å². The topological polar surface area (TPSA) is 91.3 Å². The summed E-state index contributed by atoms with van der Waals surface area (Å²) < 4.78 is 5.34. The lowest BCUT2D eigenvalue weighted by atomic mass is 9.93. The molecule has 0 amide bonds. The predicted octanol–water partition coefficient (Wildman–Crippen LogP) is 2.78. The summed E-state index contributed by atoms with van der Waals surface area (Å²) in [5.41, 5.74) is 0.578. The number of aromatic amines is 1. The lowest BCUT2D eigenvalue weighted by molar-refractivity contribution is -0.144. The second-order valence-electron chi connectivity index (χ2n) is 6.22. The fraction of sp³-hybridized carbons (Fsp3) is 0.471. The van der Waals surface area contributed by atoms with Gasteiger partial charge >= 0.3 is 5.97 Å². The molecule has 1 atom stereocenters. The maximum atomic E-state index is 12.0. The summed E-state index contributed by atoms with van der Waals surface area (Å²) in [5, 5.41) is 17.4. The van der Waals surface area contributed by atoms with Crippen molar-refractivity contribution in [1.29, 1.82) is 0 Å². The van der Waals surface area contributed by atoms with Crippen molar-refractivity contribution in [3.8, 4) is 5.75 Å². The second kappa shape index (κ2) is 7.41. The molecule has 2 N–H and O–H groups in total. The van der Waals surface area contributed by atoms with E-state index in [1.807, 2.05) is 11.8 Å². The van der Waals surface area contributed by atoms with Crippen molar-refractivity contribution < 1.29 is 14.6 Å². The average molecular weight is 365 g/mol. The van der Waals surface area contributed by atoms with Crippen LogP contribution < -0.4 is 4.74 Å². The van der Waals surface area contributed by atoms with Gasteiger partial charge in [-0.25, -0.2) is 4.98 Å². The molecule has 1 aliphatic rings. The van der Waals surface area contributed by atoms with Gasteiger partial charge < -0.3 is 9.84 Å². The Morgan fingerprint density at radius 3 is 2.72 bits per heavy atom. The van der Waals surface area contributed by atoms with Gasteiger partial charge in [0, 0.05) is 16.5 Å². The average Bonchev–Trinajstić information content (AvgIpc) is 3.02. The molecule has 2 aromatic rings. The maximum absolute atomic E-state index is 12.0. The van der Waals surface area contributed by atoms with Crippen molar-refractivity contribution in [2.24, 2.45) is 0 Å². The highest BCUT2D eigenvalue weighted by Crippen LogP contribution is 2.36. The summed E-state index contributed by atoms with van der Waals surface area (Å²) >= 11 is 6.08. The molecule has 1 aliphatic heterocycles. The van der Waals surface area contributed by atoms with Crippen LogP contribution in [0, 0.1) is 6.92 Å². The Kier molecular flexibility index (Phi) is 5.24. The molecule has 25 heavy (non-hydrogen) atoms. The van der Waals surface area contributed by atoms with Crippen LogP contribution in [0.1, 0.15) is 42.0 Å². The third kappa shape index (κ3) is 3.77. The molecule has 2 heterocycles. The van der Waals surface area contributed by atoms with Crippen molar-refractivity contribution in [3.63, 3.8) is 0 Å². The molecule has 3 rings (SSSR count). The Labute approximate surface area is 151 Å². The summed E-state index contributed by atoms with van der Waals surface area (Å²) in [6.07, 6.45) is 1.62. The zero-order chi connectivity index (χ0) is 18.0. The molecule has 0 saturated carbocycles. The zero-order valence-corrected chi connectivity index (χ0v) is 15.0. The normalized spacial score (nSPS) is 17.4. The van der Waals surface area contributed by atoms with Crippen molar-refractivity contribution in [2.45, 2.75) is 31.7 Å². The molecule has 1 fully saturated rings. The van der Waals surface area contributed by atoms with Gasteiger partial charge in [-0.1, -0.05) is 11.6 Å². The number of methoxy groups -OCH3 is 1. The number of likely N-dealkylation sites (tertiary alicyclic amines) is 1. The lowest BCUT2D eigenvalue weighted by Crippen LogP contribution is -2.40. The van der Waals surface area contributed by atoms with Crippen LogP contribution in [0.4, 0.5) is 0 Å². The molecule has 7 nitrogen and oxygen atoms in total. The fourth-order valence-corrected chi connectivity index (χ4v) is 3.54. The third-order valence-electron chi connectivity index (χ3n) is 4.59. The molecular formula is C17H21ClN4O3. The summed E-state index contributed by atoms with van der Waals surface area (Å²) in [6, 6.07) is 4.28. The fourth-order valence-electron chi connectivity index (χ4n) is 3.36. The van der Waals surface area contributed by atoms with Crippen LogP contribution >= 0.6 is 11.6 Å². The molecular weight excluding hydrogens is 344 g/mol. The number of ether oxygens (including phenoxy) is 1. The van der Waals surface area contributed by atoms with Crippen LogP contribution in [0.3, 0.4) is 0 Å². The standard InChI is InChI=1S/C17H21ClN4O3/c1-10-19-16(21-20-10)11-5-7-22(8-6-11)15(17(23)24)13-9-12(18)3-4-14(13)25-2/h3-4,9,11,15H,5-8H2,1-2H3,(H,23,24)(H,19,20,21). The van der Waals surface area contributed by atoms with Gasteiger partial charge in [0.15, 0.2) is 5.82 Å². The highest BCUT2D eigenvalue weighted by atomic mass is 35.5. The summed E-state index contributed by atoms with van der Waals surface area (Å²) in [5.74, 6) is 1.47. The van der Waals surface area contributed by atoms with Crippen molar-refractivity contribution >= 4 is 17.6 Å². The first kappa shape index (κ1) is 17.7. The van der Waals surface area contributed by atoms with Crippen LogP contribution in [0.25, 0.3) is 0 Å². The molecule has 1 aromatic carbocycles. The SMILES string of the molecule is COc1ccc(Cl)cc1C(C(=O)O)N1CCC(c2n[nH]c(C)n2)CC1. The highest BCUT2D eigenvalue weighted by Gasteiger charge is 2.34. The Morgan fingerprint density at radius 1 is 1.44 bits per heavy atom. The number of hydrogen-bond acceptors (Lipinski definition) is 5. The monoisotopic (exact) mass is 364 g/mol. The van der Waals surface area contributed by atoms with E-state index >= 15 is 0 Å². The Hall–Kier alpha value is -2.12. The first-order valence-electron chi connectivity index (χ1n) is 8.18. The zero-order valence-electron chi connectivity index (χ0n) is 14.2. The molecule has 8 heteroatoms. The first-order valence-corrected chi connectivity index (χ1v) is 8.56. The van der Waals surface area contributed by atoms with Gasteiger partial charge in [0.2, 0.25) is 0 Å². The molecule has 0 radical (unpaired) electrons. The number of carboxylic acid groups (broad SMARTS) is 1. The molecule has 0 aliphatic carbocycles. The number of nitrogens with zero attached hydrogens (tertiary/aromatic N) is 3. The highest BCUT2D eigenvalue weighted by molar-refractivity contribution is 6.30. The van der Waals surface area contributed by atoms with Crippen molar-refractivity contribution in [2.75, 3.05) is 20.2 Å². The minimum Gasteiger partial charge on any atom is -0.496 e. The smallest absolute Gasteiger partial charge is 0.325 e. The number of aryl methyl sites for hydroxylation is 1. The van der Waals surface area contributed by atoms with E-state index < -0.39 is 12.0 Å². The third-order valence-corrected chi connectivity index (χ3v) is 4.83. The number of hydrogen-bond donors (Lipinski definition) is 2. The molecule has 0 bridgehead atoms. The number of aliphatic carboxylic acids is 1. The van der Waals surface area contributed by atoms with Crippen LogP contribution in [0.15, 0.2) is 18.2 Å². The molecule has 1 unspecified atom stereocenters. The van der Waals surface area contributed by atoms with Crippen molar-refractivity contribution in [3.05, 3.63) is 40.4 Å². The maximum Gasteiger partial charge on any atom is 0.325 e. The number of H-pyrrole nitrogens is 1. The molecule has 1 saturated heterocycles. The Balaban J connectivity index is 1.79. The quantitative estimate of drug-likeness (QED) is 0.847. The van der Waals surface area contributed by atoms with Gasteiger partial charge in [0.25, 0.3) is 0 Å². The van der Waals surface area contributed by atoms with Gasteiger partial charge in [-0.2, -0.15) is 5.10 Å². The minimum atomic E-state index is -0.909. The molecule has 134 valence electrons. The molecule has 1 aromatic heterocycles. The van der Waals surface area contributed by atoms with E-state index in [9.17, 15) is 9.90 Å². The van der Waals surface area contributed by atoms with E-state index in [-0.39, 0.29) is 5.92 Å². The summed E-state index contributed by atoms with van der Waals surface area (Å²) in [6.45, 7) is 3.16. The van der Waals surface area contributed by atoms with Crippen LogP contribution in [0.5, 0.6) is 5.75 Å². The van der Waals surface area contributed by atoms with E-state index in [2.05, 4.69) is 15.2 Å². The minimum absolute atomic E-state index is 0.247. The van der Waals surface area contributed by atoms with Crippen LogP contribution in [0.2, 0.25) is 5.02 Å². The number of halogens is 1. The van der Waals surface area contributed by atoms with Gasteiger partial charge in [0.05, 0.1) is 7.11 Å². The Morgan fingerprint density at radius 2 is 2.16 bits per heavy atom. The number of nitrogens with one attached hydrogen (secondary N) is 1. The number of carboxylic acids is 1. The summed E-state index contributed by atoms with van der Waals surface area (Å²) in [7, 11) is 1.53. The van der Waals surface area contributed by atoms with Gasteiger partial charge in [-0.05, 0) is 51.1 Å². The van der Waals surface area contributed by atoms with Crippen molar-refractivity contribution in [1.82, 2.24) is 20.1 Å². The lowest BCUT2D eigenvalue weighted by Gasteiger charge is -2.35. The number of piperidine rings is 1. The first-order chi connectivity index (χ1) is 12.0. The Bertz CT molecular complexity index is 756. The summed E-state index contributed by atoms with van der Waals surface area (Å²) in [4.78, 5) is 18.3. The van der Waals surface area contributed by atoms with Gasteiger partial charge in [0.1, 0.15) is 17.6 Å². The van der Waals surface area contributed by atoms with Crippen LogP contribution in [-0.4, -0.2) is 51.4 Å². The molecule has 0 spiro atoms. The number of benzene rings is 1.